The van der Waals surface area contributed by atoms with E-state index < -0.39 is 0 Å². The molecule has 1 aliphatic rings. The van der Waals surface area contributed by atoms with E-state index >= 15 is 0 Å². The van der Waals surface area contributed by atoms with Crippen molar-refractivity contribution in [2.45, 2.75) is 52.1 Å². The maximum atomic E-state index is 12.4. The average Bonchev–Trinajstić information content (AvgIpc) is 2.60. The Balaban J connectivity index is 1.73. The van der Waals surface area contributed by atoms with Crippen molar-refractivity contribution in [3.63, 3.8) is 0 Å². The molecule has 2 atom stereocenters. The van der Waals surface area contributed by atoms with Gasteiger partial charge >= 0.3 is 0 Å². The van der Waals surface area contributed by atoms with Gasteiger partial charge in [0.1, 0.15) is 6.54 Å². The van der Waals surface area contributed by atoms with Gasteiger partial charge in [-0.15, -0.1) is 0 Å². The molecular formula is C20H25N3O2. The predicted molar refractivity (Wildman–Crippen MR) is 98.2 cm³/mol. The number of aryl methyl sites for hydroxylation is 1. The molecule has 0 aliphatic heterocycles. The molecule has 1 heterocycles. The summed E-state index contributed by atoms with van der Waals surface area (Å²) in [4.78, 5) is 24.4. The first-order chi connectivity index (χ1) is 12.0. The molecule has 1 saturated carbocycles. The number of amides is 1. The van der Waals surface area contributed by atoms with Crippen molar-refractivity contribution in [3.05, 3.63) is 52.3 Å². The maximum Gasteiger partial charge on any atom is 0.267 e. The van der Waals surface area contributed by atoms with Crippen molar-refractivity contribution < 1.29 is 4.79 Å². The minimum absolute atomic E-state index is 0.0399. The van der Waals surface area contributed by atoms with Crippen molar-refractivity contribution in [1.29, 1.82) is 0 Å². The Hall–Kier alpha value is -2.43. The molecule has 0 spiro atoms. The third-order valence-corrected chi connectivity index (χ3v) is 4.97. The molecule has 5 heteroatoms. The van der Waals surface area contributed by atoms with E-state index in [4.69, 9.17) is 0 Å². The van der Waals surface area contributed by atoms with Gasteiger partial charge in [0, 0.05) is 17.7 Å². The predicted octanol–water partition coefficient (Wildman–Crippen LogP) is 2.91. The Morgan fingerprint density at radius 2 is 1.88 bits per heavy atom. The Kier molecular flexibility index (Phi) is 5.31. The summed E-state index contributed by atoms with van der Waals surface area (Å²) < 4.78 is 1.25. The number of carbonyl (C=O) groups excluding carboxylic acids is 1. The number of hydrogen-bond acceptors (Lipinski definition) is 3. The van der Waals surface area contributed by atoms with Gasteiger partial charge in [-0.1, -0.05) is 49.6 Å². The molecule has 1 aromatic carbocycles. The minimum atomic E-state index is -0.261. The average molecular weight is 339 g/mol. The highest BCUT2D eigenvalue weighted by molar-refractivity contribution is 5.76. The van der Waals surface area contributed by atoms with Crippen molar-refractivity contribution in [1.82, 2.24) is 15.1 Å². The maximum absolute atomic E-state index is 12.4. The van der Waals surface area contributed by atoms with E-state index in [-0.39, 0.29) is 24.1 Å². The summed E-state index contributed by atoms with van der Waals surface area (Å²) in [7, 11) is 0. The van der Waals surface area contributed by atoms with Gasteiger partial charge in [0.2, 0.25) is 5.91 Å². The fourth-order valence-corrected chi connectivity index (χ4v) is 3.36. The molecule has 2 aromatic rings. The van der Waals surface area contributed by atoms with Crippen molar-refractivity contribution in [2.24, 2.45) is 5.92 Å². The van der Waals surface area contributed by atoms with Gasteiger partial charge in [-0.3, -0.25) is 9.59 Å². The van der Waals surface area contributed by atoms with Crippen LogP contribution in [0.2, 0.25) is 0 Å². The van der Waals surface area contributed by atoms with Gasteiger partial charge in [-0.25, -0.2) is 4.68 Å². The molecule has 5 nitrogen and oxygen atoms in total. The van der Waals surface area contributed by atoms with E-state index in [9.17, 15) is 9.59 Å². The summed E-state index contributed by atoms with van der Waals surface area (Å²) >= 11 is 0. The third kappa shape index (κ3) is 4.35. The van der Waals surface area contributed by atoms with Gasteiger partial charge < -0.3 is 5.32 Å². The normalized spacial score (nSPS) is 20.2. The molecule has 0 saturated heterocycles. The Morgan fingerprint density at radius 1 is 1.16 bits per heavy atom. The second kappa shape index (κ2) is 7.64. The highest BCUT2D eigenvalue weighted by Crippen LogP contribution is 2.23. The second-order valence-corrected chi connectivity index (χ2v) is 7.02. The number of benzene rings is 1. The van der Waals surface area contributed by atoms with Gasteiger partial charge in [-0.2, -0.15) is 5.10 Å². The smallest absolute Gasteiger partial charge is 0.267 e. The first-order valence-electron chi connectivity index (χ1n) is 8.97. The molecular weight excluding hydrogens is 314 g/mol. The van der Waals surface area contributed by atoms with Crippen LogP contribution in [0.15, 0.2) is 41.2 Å². The molecule has 132 valence electrons. The number of aromatic nitrogens is 2. The first-order valence-corrected chi connectivity index (χ1v) is 8.97. The summed E-state index contributed by atoms with van der Waals surface area (Å²) in [6.07, 6.45) is 4.54. The Bertz CT molecular complexity index is 795. The summed E-state index contributed by atoms with van der Waals surface area (Å²) in [5.41, 5.74) is 2.53. The lowest BCUT2D eigenvalue weighted by Gasteiger charge is -2.29. The molecule has 25 heavy (non-hydrogen) atoms. The van der Waals surface area contributed by atoms with Crippen LogP contribution in [-0.2, 0) is 11.3 Å². The molecule has 1 fully saturated rings. The highest BCUT2D eigenvalue weighted by Gasteiger charge is 2.23. The van der Waals surface area contributed by atoms with Gasteiger partial charge in [0.15, 0.2) is 0 Å². The van der Waals surface area contributed by atoms with Gasteiger partial charge in [0.25, 0.3) is 5.56 Å². The number of carbonyl (C=O) groups is 1. The van der Waals surface area contributed by atoms with Gasteiger partial charge in [-0.05, 0) is 31.7 Å². The zero-order chi connectivity index (χ0) is 17.8. The molecule has 1 aliphatic carbocycles. The lowest BCUT2D eigenvalue weighted by Crippen LogP contribution is -2.43. The van der Waals surface area contributed by atoms with E-state index in [1.54, 1.807) is 6.07 Å². The molecule has 0 unspecified atom stereocenters. The van der Waals surface area contributed by atoms with Crippen molar-refractivity contribution in [2.75, 3.05) is 0 Å². The quantitative estimate of drug-likeness (QED) is 0.931. The lowest BCUT2D eigenvalue weighted by molar-refractivity contribution is -0.123. The summed E-state index contributed by atoms with van der Waals surface area (Å²) in [6.45, 7) is 4.16. The number of hydrogen-bond donors (Lipinski definition) is 1. The minimum Gasteiger partial charge on any atom is -0.351 e. The molecule has 0 radical (unpaired) electrons. The third-order valence-electron chi connectivity index (χ3n) is 4.97. The molecule has 1 N–H and O–H groups in total. The van der Waals surface area contributed by atoms with Crippen molar-refractivity contribution in [3.8, 4) is 11.3 Å². The highest BCUT2D eigenvalue weighted by atomic mass is 16.2. The van der Waals surface area contributed by atoms with Crippen LogP contribution in [-0.4, -0.2) is 21.7 Å². The van der Waals surface area contributed by atoms with E-state index in [1.807, 2.05) is 31.2 Å². The fraction of sp³-hybridized carbons (Fsp3) is 0.450. The molecule has 1 aromatic heterocycles. The van der Waals surface area contributed by atoms with Crippen LogP contribution in [0.5, 0.6) is 0 Å². The van der Waals surface area contributed by atoms with Crippen molar-refractivity contribution >= 4 is 5.91 Å². The van der Waals surface area contributed by atoms with E-state index in [1.165, 1.54) is 17.2 Å². The zero-order valence-corrected chi connectivity index (χ0v) is 14.9. The van der Waals surface area contributed by atoms with E-state index in [0.717, 1.165) is 30.4 Å². The first kappa shape index (κ1) is 17.4. The molecule has 0 bridgehead atoms. The Morgan fingerprint density at radius 3 is 2.60 bits per heavy atom. The van der Waals surface area contributed by atoms with Crippen LogP contribution in [0.1, 0.15) is 38.2 Å². The topological polar surface area (TPSA) is 64.0 Å². The van der Waals surface area contributed by atoms with Crippen LogP contribution in [0.25, 0.3) is 11.3 Å². The number of nitrogens with one attached hydrogen (secondary N) is 1. The summed E-state index contributed by atoms with van der Waals surface area (Å²) in [5, 5.41) is 7.44. The fourth-order valence-electron chi connectivity index (χ4n) is 3.36. The number of rotatable bonds is 4. The summed E-state index contributed by atoms with van der Waals surface area (Å²) in [6, 6.07) is 11.3. The molecule has 1 amide bonds. The lowest BCUT2D eigenvalue weighted by atomic mass is 9.86. The summed E-state index contributed by atoms with van der Waals surface area (Å²) in [5.74, 6) is 0.343. The van der Waals surface area contributed by atoms with Crippen LogP contribution in [0.3, 0.4) is 0 Å². The molecule has 3 rings (SSSR count). The van der Waals surface area contributed by atoms with E-state index in [2.05, 4.69) is 17.3 Å². The largest absolute Gasteiger partial charge is 0.351 e. The second-order valence-electron chi connectivity index (χ2n) is 7.02. The Labute approximate surface area is 148 Å². The van der Waals surface area contributed by atoms with E-state index in [0.29, 0.717) is 11.6 Å². The van der Waals surface area contributed by atoms with Crippen LogP contribution in [0.4, 0.5) is 0 Å². The number of nitrogens with zero attached hydrogens (tertiary/aromatic N) is 2. The SMILES string of the molecule is Cc1ccc(-c2ccc(=O)n(CC(=O)N[C@H]3CCCC[C@@H]3C)n2)cc1. The standard InChI is InChI=1S/C20H25N3O2/c1-14-7-9-16(10-8-14)18-11-12-20(25)23(22-18)13-19(24)21-17-6-4-3-5-15(17)2/h7-12,15,17H,3-6,13H2,1-2H3,(H,21,24)/t15-,17-/m0/s1. The monoisotopic (exact) mass is 339 g/mol. The van der Waals surface area contributed by atoms with Gasteiger partial charge in [0.05, 0.1) is 5.69 Å². The van der Waals surface area contributed by atoms with Crippen LogP contribution < -0.4 is 10.9 Å². The van der Waals surface area contributed by atoms with Crippen LogP contribution in [0, 0.1) is 12.8 Å². The zero-order valence-electron chi connectivity index (χ0n) is 14.9. The van der Waals surface area contributed by atoms with Crippen LogP contribution >= 0.6 is 0 Å².